The zero-order chi connectivity index (χ0) is 34.7. The van der Waals surface area contributed by atoms with Gasteiger partial charge in [0.2, 0.25) is 0 Å². The van der Waals surface area contributed by atoms with Gasteiger partial charge in [-0.05, 0) is 109 Å². The lowest BCUT2D eigenvalue weighted by Gasteiger charge is -2.32. The Bertz CT molecular complexity index is 2540. The lowest BCUT2D eigenvalue weighted by Crippen LogP contribution is -2.41. The molecule has 0 aliphatic carbocycles. The van der Waals surface area contributed by atoms with Gasteiger partial charge in [-0.3, -0.25) is 0 Å². The fourth-order valence-corrected chi connectivity index (χ4v) is 7.21. The number of benzene rings is 7. The molecule has 7 aromatic carbocycles. The summed E-state index contributed by atoms with van der Waals surface area (Å²) < 4.78 is 20.0. The molecule has 51 heavy (non-hydrogen) atoms. The van der Waals surface area contributed by atoms with E-state index < -0.39 is 18.3 Å². The van der Waals surface area contributed by atoms with E-state index in [0.29, 0.717) is 0 Å². The normalized spacial score (nSPS) is 15.2. The van der Waals surface area contributed by atoms with Crippen LogP contribution in [0.2, 0.25) is 0 Å². The van der Waals surface area contributed by atoms with Gasteiger partial charge in [0.15, 0.2) is 0 Å². The summed E-state index contributed by atoms with van der Waals surface area (Å²) in [5.41, 5.74) is 9.14. The van der Waals surface area contributed by atoms with E-state index >= 15 is 0 Å². The summed E-state index contributed by atoms with van der Waals surface area (Å²) in [7, 11) is -0.523. The Labute approximate surface area is 299 Å². The van der Waals surface area contributed by atoms with Crippen LogP contribution < -0.4 is 10.4 Å². The van der Waals surface area contributed by atoms with Crippen molar-refractivity contribution >= 4 is 62.4 Å². The van der Waals surface area contributed by atoms with Gasteiger partial charge in [0.05, 0.1) is 11.2 Å². The largest absolute Gasteiger partial charge is 0.494 e. The van der Waals surface area contributed by atoms with E-state index in [-0.39, 0.29) is 0 Å². The van der Waals surface area contributed by atoms with E-state index in [0.717, 1.165) is 66.7 Å². The Morgan fingerprint density at radius 3 is 1.88 bits per heavy atom. The van der Waals surface area contributed by atoms with Crippen molar-refractivity contribution in [3.05, 3.63) is 158 Å². The van der Waals surface area contributed by atoms with E-state index in [9.17, 15) is 0 Å². The second-order valence-corrected chi connectivity index (χ2v) is 14.5. The molecule has 1 saturated heterocycles. The molecule has 1 fully saturated rings. The molecule has 9 rings (SSSR count). The smallest absolute Gasteiger partial charge is 0.455 e. The summed E-state index contributed by atoms with van der Waals surface area (Å²) in [4.78, 5) is 2.34. The minimum absolute atomic E-state index is 0.470. The van der Waals surface area contributed by atoms with E-state index in [4.69, 9.17) is 13.7 Å². The molecule has 1 aliphatic rings. The third-order valence-corrected chi connectivity index (χ3v) is 10.6. The molecule has 0 saturated carbocycles. The molecule has 1 aromatic heterocycles. The average molecular weight is 664 g/mol. The van der Waals surface area contributed by atoms with Gasteiger partial charge >= 0.3 is 7.12 Å². The molecule has 5 heteroatoms. The molecular weight excluding hydrogens is 625 g/mol. The van der Waals surface area contributed by atoms with Gasteiger partial charge in [-0.15, -0.1) is 0 Å². The molecule has 0 amide bonds. The Kier molecular flexibility index (Phi) is 7.39. The SMILES string of the molecule is CC1(C)OB(c2cc(-c3ccccc3)cc(-c3cc(N(c4ccccc4)c4ccc5ccccc5c4)cc4c3oc3ccccc34)c2)OC1(C)C. The fraction of sp³-hybridized carbons (Fsp3) is 0.130. The number of furan rings is 1. The molecule has 0 atom stereocenters. The Morgan fingerprint density at radius 1 is 0.471 bits per heavy atom. The molecule has 8 aromatic rings. The first kappa shape index (κ1) is 31.4. The minimum Gasteiger partial charge on any atom is -0.455 e. The number of hydrogen-bond donors (Lipinski definition) is 0. The van der Waals surface area contributed by atoms with Crippen molar-refractivity contribution in [2.45, 2.75) is 38.9 Å². The zero-order valence-electron chi connectivity index (χ0n) is 29.3. The lowest BCUT2D eigenvalue weighted by molar-refractivity contribution is 0.00578. The van der Waals surface area contributed by atoms with E-state index in [1.807, 2.05) is 12.1 Å². The van der Waals surface area contributed by atoms with Gasteiger partial charge in [0.1, 0.15) is 11.2 Å². The summed E-state index contributed by atoms with van der Waals surface area (Å²) in [6, 6.07) is 55.8. The topological polar surface area (TPSA) is 34.8 Å². The first-order valence-electron chi connectivity index (χ1n) is 17.6. The fourth-order valence-electron chi connectivity index (χ4n) is 7.21. The number of anilines is 3. The van der Waals surface area contributed by atoms with Crippen LogP contribution in [0.5, 0.6) is 0 Å². The second kappa shape index (κ2) is 12.0. The van der Waals surface area contributed by atoms with Crippen molar-refractivity contribution in [2.75, 3.05) is 4.90 Å². The van der Waals surface area contributed by atoms with Crippen LogP contribution in [0.3, 0.4) is 0 Å². The van der Waals surface area contributed by atoms with E-state index in [2.05, 4.69) is 178 Å². The van der Waals surface area contributed by atoms with Crippen LogP contribution in [0.1, 0.15) is 27.7 Å². The Morgan fingerprint density at radius 2 is 1.12 bits per heavy atom. The van der Waals surface area contributed by atoms with Crippen LogP contribution in [-0.4, -0.2) is 18.3 Å². The Balaban J connectivity index is 1.31. The number of fused-ring (bicyclic) bond motifs is 4. The highest BCUT2D eigenvalue weighted by Gasteiger charge is 2.51. The maximum absolute atomic E-state index is 6.74. The zero-order valence-corrected chi connectivity index (χ0v) is 29.3. The van der Waals surface area contributed by atoms with Gasteiger partial charge in [-0.2, -0.15) is 0 Å². The molecular formula is C46H38BNO3. The maximum Gasteiger partial charge on any atom is 0.494 e. The maximum atomic E-state index is 6.74. The van der Waals surface area contributed by atoms with Crippen LogP contribution in [0.25, 0.3) is 55.0 Å². The van der Waals surface area contributed by atoms with Crippen LogP contribution in [0.15, 0.2) is 162 Å². The monoisotopic (exact) mass is 663 g/mol. The van der Waals surface area contributed by atoms with Gasteiger partial charge in [-0.25, -0.2) is 0 Å². The highest BCUT2D eigenvalue weighted by atomic mass is 16.7. The van der Waals surface area contributed by atoms with Crippen molar-refractivity contribution < 1.29 is 13.7 Å². The third-order valence-electron chi connectivity index (χ3n) is 10.6. The van der Waals surface area contributed by atoms with Crippen LogP contribution in [0.4, 0.5) is 17.1 Å². The molecule has 0 spiro atoms. The van der Waals surface area contributed by atoms with Gasteiger partial charge in [-0.1, -0.05) is 109 Å². The van der Waals surface area contributed by atoms with Crippen molar-refractivity contribution in [1.82, 2.24) is 0 Å². The first-order chi connectivity index (χ1) is 24.7. The van der Waals surface area contributed by atoms with Crippen LogP contribution in [-0.2, 0) is 9.31 Å². The van der Waals surface area contributed by atoms with Crippen molar-refractivity contribution in [3.8, 4) is 22.3 Å². The first-order valence-corrected chi connectivity index (χ1v) is 17.6. The summed E-state index contributed by atoms with van der Waals surface area (Å²) in [5, 5.41) is 4.53. The predicted molar refractivity (Wildman–Crippen MR) is 212 cm³/mol. The van der Waals surface area contributed by atoms with Gasteiger partial charge in [0.25, 0.3) is 0 Å². The standard InChI is InChI=1S/C46H38BNO3/c1-45(2)46(3,4)51-47(50-45)36-26-34(31-15-7-5-8-16-31)25-35(27-36)41-29-39(30-42-40-21-13-14-22-43(40)49-44(41)42)48(37-19-9-6-10-20-37)38-24-23-32-17-11-12-18-33(32)28-38/h5-30H,1-4H3. The molecule has 4 nitrogen and oxygen atoms in total. The lowest BCUT2D eigenvalue weighted by atomic mass is 9.76. The summed E-state index contributed by atoms with van der Waals surface area (Å²) in [6.07, 6.45) is 0. The molecule has 1 aliphatic heterocycles. The summed E-state index contributed by atoms with van der Waals surface area (Å²) in [5.74, 6) is 0. The predicted octanol–water partition coefficient (Wildman–Crippen LogP) is 11.8. The Hall–Kier alpha value is -5.62. The minimum atomic E-state index is -0.523. The van der Waals surface area contributed by atoms with E-state index in [1.54, 1.807) is 0 Å². The van der Waals surface area contributed by atoms with Crippen molar-refractivity contribution in [1.29, 1.82) is 0 Å². The average Bonchev–Trinajstić information content (AvgIpc) is 3.64. The molecule has 0 unspecified atom stereocenters. The van der Waals surface area contributed by atoms with E-state index in [1.165, 1.54) is 10.8 Å². The number of nitrogens with zero attached hydrogens (tertiary/aromatic N) is 1. The van der Waals surface area contributed by atoms with Gasteiger partial charge in [0, 0.05) is 33.4 Å². The number of hydrogen-bond acceptors (Lipinski definition) is 4. The van der Waals surface area contributed by atoms with Crippen molar-refractivity contribution in [2.24, 2.45) is 0 Å². The highest BCUT2D eigenvalue weighted by molar-refractivity contribution is 6.62. The number of para-hydroxylation sites is 2. The summed E-state index contributed by atoms with van der Waals surface area (Å²) in [6.45, 7) is 8.39. The van der Waals surface area contributed by atoms with Crippen LogP contribution in [0, 0.1) is 0 Å². The molecule has 2 heterocycles. The molecule has 0 radical (unpaired) electrons. The van der Waals surface area contributed by atoms with Gasteiger partial charge < -0.3 is 18.6 Å². The van der Waals surface area contributed by atoms with Crippen molar-refractivity contribution in [3.63, 3.8) is 0 Å². The number of rotatable bonds is 6. The quantitative estimate of drug-likeness (QED) is 0.166. The molecule has 0 bridgehead atoms. The summed E-state index contributed by atoms with van der Waals surface area (Å²) >= 11 is 0. The second-order valence-electron chi connectivity index (χ2n) is 14.5. The van der Waals surface area contributed by atoms with Crippen LogP contribution >= 0.6 is 0 Å². The highest BCUT2D eigenvalue weighted by Crippen LogP contribution is 2.44. The molecule has 0 N–H and O–H groups in total. The molecule has 248 valence electrons. The third kappa shape index (κ3) is 5.50.